The summed E-state index contributed by atoms with van der Waals surface area (Å²) in [5, 5.41) is 11.5. The van der Waals surface area contributed by atoms with Crippen molar-refractivity contribution in [3.63, 3.8) is 0 Å². The molecule has 5 nitrogen and oxygen atoms in total. The standard InChI is InChI=1S/C14H10BrFN2O3/c15-10-3-1-7(5-11(10)16)13(19)18-12-4-2-8(17)6-9(12)14(20)21/h1-6H,17H2,(H,18,19)(H,20,21). The van der Waals surface area contributed by atoms with Gasteiger partial charge in [0.1, 0.15) is 5.82 Å². The summed E-state index contributed by atoms with van der Waals surface area (Å²) in [7, 11) is 0. The van der Waals surface area contributed by atoms with Gasteiger partial charge in [0.2, 0.25) is 0 Å². The molecule has 0 unspecified atom stereocenters. The van der Waals surface area contributed by atoms with Gasteiger partial charge in [0.15, 0.2) is 0 Å². The Bertz CT molecular complexity index is 734. The largest absolute Gasteiger partial charge is 0.478 e. The number of carbonyl (C=O) groups excluding carboxylic acids is 1. The maximum atomic E-state index is 13.4. The average Bonchev–Trinajstić information content (AvgIpc) is 2.43. The zero-order chi connectivity index (χ0) is 15.6. The molecule has 0 aliphatic rings. The molecule has 0 spiro atoms. The molecule has 0 bridgehead atoms. The van der Waals surface area contributed by atoms with E-state index in [2.05, 4.69) is 21.2 Å². The van der Waals surface area contributed by atoms with E-state index in [1.54, 1.807) is 0 Å². The predicted molar refractivity (Wildman–Crippen MR) is 79.9 cm³/mol. The van der Waals surface area contributed by atoms with Crippen LogP contribution in [0, 0.1) is 5.82 Å². The lowest BCUT2D eigenvalue weighted by Gasteiger charge is -2.09. The highest BCUT2D eigenvalue weighted by molar-refractivity contribution is 9.10. The van der Waals surface area contributed by atoms with Gasteiger partial charge in [0.05, 0.1) is 15.7 Å². The van der Waals surface area contributed by atoms with Crippen molar-refractivity contribution in [2.75, 3.05) is 11.1 Å². The van der Waals surface area contributed by atoms with Crippen LogP contribution in [0.3, 0.4) is 0 Å². The number of aromatic carboxylic acids is 1. The molecule has 21 heavy (non-hydrogen) atoms. The van der Waals surface area contributed by atoms with Crippen LogP contribution in [0.15, 0.2) is 40.9 Å². The smallest absolute Gasteiger partial charge is 0.337 e. The molecule has 7 heteroatoms. The molecule has 1 amide bonds. The lowest BCUT2D eigenvalue weighted by molar-refractivity contribution is 0.0698. The monoisotopic (exact) mass is 352 g/mol. The van der Waals surface area contributed by atoms with Gasteiger partial charge in [0.25, 0.3) is 5.91 Å². The van der Waals surface area contributed by atoms with Gasteiger partial charge in [-0.15, -0.1) is 0 Å². The second kappa shape index (κ2) is 5.92. The Hall–Kier alpha value is -2.41. The molecule has 0 aromatic heterocycles. The number of carboxylic acids is 1. The first-order valence-corrected chi connectivity index (χ1v) is 6.57. The molecule has 2 rings (SSSR count). The highest BCUT2D eigenvalue weighted by Gasteiger charge is 2.15. The summed E-state index contributed by atoms with van der Waals surface area (Å²) in [4.78, 5) is 23.1. The van der Waals surface area contributed by atoms with E-state index in [1.807, 2.05) is 0 Å². The summed E-state index contributed by atoms with van der Waals surface area (Å²) in [6.07, 6.45) is 0. The molecular weight excluding hydrogens is 343 g/mol. The van der Waals surface area contributed by atoms with Crippen LogP contribution in [-0.4, -0.2) is 17.0 Å². The number of carbonyl (C=O) groups is 2. The summed E-state index contributed by atoms with van der Waals surface area (Å²) < 4.78 is 13.6. The molecule has 108 valence electrons. The number of nitrogen functional groups attached to an aromatic ring is 1. The van der Waals surface area contributed by atoms with Crippen LogP contribution in [0.5, 0.6) is 0 Å². The van der Waals surface area contributed by atoms with Crippen molar-refractivity contribution in [2.24, 2.45) is 0 Å². The number of rotatable bonds is 3. The Labute approximate surface area is 127 Å². The minimum Gasteiger partial charge on any atom is -0.478 e. The molecule has 0 saturated heterocycles. The number of hydrogen-bond acceptors (Lipinski definition) is 3. The lowest BCUT2D eigenvalue weighted by Crippen LogP contribution is -2.15. The Morgan fingerprint density at radius 2 is 1.90 bits per heavy atom. The number of nitrogens with two attached hydrogens (primary N) is 1. The number of anilines is 2. The molecule has 0 atom stereocenters. The maximum Gasteiger partial charge on any atom is 0.337 e. The van der Waals surface area contributed by atoms with E-state index < -0.39 is 17.7 Å². The summed E-state index contributed by atoms with van der Waals surface area (Å²) in [6.45, 7) is 0. The molecule has 2 aromatic rings. The predicted octanol–water partition coefficient (Wildman–Crippen LogP) is 3.12. The summed E-state index contributed by atoms with van der Waals surface area (Å²) in [5.74, 6) is -2.42. The third-order valence-corrected chi connectivity index (χ3v) is 3.35. The Kier molecular flexibility index (Phi) is 4.23. The fourth-order valence-corrected chi connectivity index (χ4v) is 1.93. The molecule has 0 aliphatic heterocycles. The SMILES string of the molecule is Nc1ccc(NC(=O)c2ccc(Br)c(F)c2)c(C(=O)O)c1. The number of carboxylic acid groups (broad SMARTS) is 1. The summed E-state index contributed by atoms with van der Waals surface area (Å²) in [5.41, 5.74) is 5.80. The van der Waals surface area contributed by atoms with E-state index in [1.165, 1.54) is 30.3 Å². The van der Waals surface area contributed by atoms with Gasteiger partial charge in [-0.3, -0.25) is 4.79 Å². The quantitative estimate of drug-likeness (QED) is 0.740. The summed E-state index contributed by atoms with van der Waals surface area (Å²) in [6, 6.07) is 7.94. The van der Waals surface area contributed by atoms with Gasteiger partial charge >= 0.3 is 5.97 Å². The first kappa shape index (κ1) is 15.0. The van der Waals surface area contributed by atoms with Crippen molar-refractivity contribution < 1.29 is 19.1 Å². The minimum atomic E-state index is -1.22. The Morgan fingerprint density at radius 1 is 1.19 bits per heavy atom. The highest BCUT2D eigenvalue weighted by Crippen LogP contribution is 2.21. The first-order chi connectivity index (χ1) is 9.88. The zero-order valence-electron chi connectivity index (χ0n) is 10.6. The number of hydrogen-bond donors (Lipinski definition) is 3. The topological polar surface area (TPSA) is 92.4 Å². The first-order valence-electron chi connectivity index (χ1n) is 5.77. The number of amides is 1. The second-order valence-corrected chi connectivity index (χ2v) is 5.05. The average molecular weight is 353 g/mol. The van der Waals surface area contributed by atoms with Crippen LogP contribution in [0.25, 0.3) is 0 Å². The number of nitrogens with one attached hydrogen (secondary N) is 1. The number of halogens is 2. The molecule has 4 N–H and O–H groups in total. The molecule has 2 aromatic carbocycles. The normalized spacial score (nSPS) is 10.2. The van der Waals surface area contributed by atoms with Crippen LogP contribution in [0.4, 0.5) is 15.8 Å². The molecular formula is C14H10BrFN2O3. The zero-order valence-corrected chi connectivity index (χ0v) is 12.1. The van der Waals surface area contributed by atoms with Crippen LogP contribution in [0.2, 0.25) is 0 Å². The molecule has 0 aliphatic carbocycles. The van der Waals surface area contributed by atoms with Crippen molar-refractivity contribution >= 4 is 39.2 Å². The fraction of sp³-hybridized carbons (Fsp3) is 0. The summed E-state index contributed by atoms with van der Waals surface area (Å²) >= 11 is 2.99. The van der Waals surface area contributed by atoms with Crippen molar-refractivity contribution in [3.8, 4) is 0 Å². The van der Waals surface area contributed by atoms with E-state index in [0.29, 0.717) is 0 Å². The van der Waals surface area contributed by atoms with Gasteiger partial charge in [-0.05, 0) is 52.3 Å². The van der Waals surface area contributed by atoms with Gasteiger partial charge in [0, 0.05) is 11.3 Å². The van der Waals surface area contributed by atoms with Crippen molar-refractivity contribution in [1.29, 1.82) is 0 Å². The second-order valence-electron chi connectivity index (χ2n) is 4.19. The Balaban J connectivity index is 2.31. The Morgan fingerprint density at radius 3 is 2.52 bits per heavy atom. The van der Waals surface area contributed by atoms with Gasteiger partial charge in [-0.2, -0.15) is 0 Å². The third kappa shape index (κ3) is 3.38. The van der Waals surface area contributed by atoms with Crippen LogP contribution >= 0.6 is 15.9 Å². The van der Waals surface area contributed by atoms with Crippen molar-refractivity contribution in [3.05, 3.63) is 57.8 Å². The highest BCUT2D eigenvalue weighted by atomic mass is 79.9. The van der Waals surface area contributed by atoms with E-state index in [4.69, 9.17) is 10.8 Å². The van der Waals surface area contributed by atoms with Crippen molar-refractivity contribution in [1.82, 2.24) is 0 Å². The third-order valence-electron chi connectivity index (χ3n) is 2.70. The number of benzene rings is 2. The van der Waals surface area contributed by atoms with Gasteiger partial charge in [-0.25, -0.2) is 9.18 Å². The van der Waals surface area contributed by atoms with Gasteiger partial charge < -0.3 is 16.2 Å². The molecule has 0 fully saturated rings. The fourth-order valence-electron chi connectivity index (χ4n) is 1.68. The van der Waals surface area contributed by atoms with Crippen LogP contribution in [0.1, 0.15) is 20.7 Å². The molecule has 0 heterocycles. The van der Waals surface area contributed by atoms with E-state index in [-0.39, 0.29) is 27.0 Å². The van der Waals surface area contributed by atoms with E-state index in [9.17, 15) is 14.0 Å². The molecule has 0 saturated carbocycles. The minimum absolute atomic E-state index is 0.0730. The van der Waals surface area contributed by atoms with Gasteiger partial charge in [-0.1, -0.05) is 0 Å². The van der Waals surface area contributed by atoms with E-state index in [0.717, 1.165) is 6.07 Å². The van der Waals surface area contributed by atoms with Crippen LogP contribution < -0.4 is 11.1 Å². The maximum absolute atomic E-state index is 13.4. The van der Waals surface area contributed by atoms with Crippen LogP contribution in [-0.2, 0) is 0 Å². The van der Waals surface area contributed by atoms with Crippen molar-refractivity contribution in [2.45, 2.75) is 0 Å². The van der Waals surface area contributed by atoms with E-state index >= 15 is 0 Å². The molecule has 0 radical (unpaired) electrons. The lowest BCUT2D eigenvalue weighted by atomic mass is 10.1.